The van der Waals surface area contributed by atoms with Crippen molar-refractivity contribution in [3.63, 3.8) is 0 Å². The second-order valence-corrected chi connectivity index (χ2v) is 6.04. The molecular formula is C16H18BrClN2. The Balaban J connectivity index is 2.28. The lowest BCUT2D eigenvalue weighted by Crippen LogP contribution is -2.24. The van der Waals surface area contributed by atoms with Gasteiger partial charge < -0.3 is 5.32 Å². The molecule has 0 bridgehead atoms. The predicted octanol–water partition coefficient (Wildman–Crippen LogP) is 4.70. The van der Waals surface area contributed by atoms with Crippen LogP contribution in [-0.4, -0.2) is 11.5 Å². The quantitative estimate of drug-likeness (QED) is 0.843. The largest absolute Gasteiger partial charge is 0.309 e. The minimum absolute atomic E-state index is 0.149. The lowest BCUT2D eigenvalue weighted by molar-refractivity contribution is 0.534. The van der Waals surface area contributed by atoms with Crippen LogP contribution in [0.4, 0.5) is 0 Å². The molecule has 2 rings (SSSR count). The number of hydrogen-bond acceptors (Lipinski definition) is 2. The number of nitrogens with zero attached hydrogens (tertiary/aromatic N) is 1. The SMILES string of the molecule is CCNC(Cc1ccc(C)cc1Cl)c1ncccc1Br. The van der Waals surface area contributed by atoms with Gasteiger partial charge in [0.1, 0.15) is 0 Å². The van der Waals surface area contributed by atoms with Gasteiger partial charge in [-0.2, -0.15) is 0 Å². The molecule has 0 fully saturated rings. The first-order valence-corrected chi connectivity index (χ1v) is 7.87. The third-order valence-corrected chi connectivity index (χ3v) is 4.22. The highest BCUT2D eigenvalue weighted by atomic mass is 79.9. The summed E-state index contributed by atoms with van der Waals surface area (Å²) in [6.45, 7) is 5.03. The van der Waals surface area contributed by atoms with Crippen LogP contribution >= 0.6 is 27.5 Å². The van der Waals surface area contributed by atoms with Crippen molar-refractivity contribution in [2.45, 2.75) is 26.3 Å². The predicted molar refractivity (Wildman–Crippen MR) is 88.2 cm³/mol. The first-order valence-electron chi connectivity index (χ1n) is 6.70. The van der Waals surface area contributed by atoms with E-state index in [-0.39, 0.29) is 6.04 Å². The van der Waals surface area contributed by atoms with Crippen LogP contribution in [-0.2, 0) is 6.42 Å². The van der Waals surface area contributed by atoms with Gasteiger partial charge in [0.15, 0.2) is 0 Å². The molecule has 1 N–H and O–H groups in total. The van der Waals surface area contributed by atoms with E-state index in [1.807, 2.05) is 31.3 Å². The minimum Gasteiger partial charge on any atom is -0.309 e. The van der Waals surface area contributed by atoms with Gasteiger partial charge >= 0.3 is 0 Å². The van der Waals surface area contributed by atoms with E-state index in [2.05, 4.69) is 45.3 Å². The summed E-state index contributed by atoms with van der Waals surface area (Å²) in [5.74, 6) is 0. The lowest BCUT2D eigenvalue weighted by atomic mass is 10.0. The van der Waals surface area contributed by atoms with Crippen molar-refractivity contribution in [2.75, 3.05) is 6.54 Å². The number of benzene rings is 1. The van der Waals surface area contributed by atoms with Crippen molar-refractivity contribution < 1.29 is 0 Å². The van der Waals surface area contributed by atoms with Gasteiger partial charge in [-0.3, -0.25) is 4.98 Å². The van der Waals surface area contributed by atoms with Crippen LogP contribution in [0.25, 0.3) is 0 Å². The number of aromatic nitrogens is 1. The molecule has 2 aromatic rings. The Bertz CT molecular complexity index is 586. The highest BCUT2D eigenvalue weighted by Crippen LogP contribution is 2.27. The van der Waals surface area contributed by atoms with Crippen molar-refractivity contribution in [2.24, 2.45) is 0 Å². The average molecular weight is 354 g/mol. The van der Waals surface area contributed by atoms with Gasteiger partial charge in [0.25, 0.3) is 0 Å². The standard InChI is InChI=1S/C16H18BrClN2/c1-3-19-15(16-13(17)5-4-8-20-16)10-12-7-6-11(2)9-14(12)18/h4-9,15,19H,3,10H2,1-2H3. The van der Waals surface area contributed by atoms with Gasteiger partial charge in [0.2, 0.25) is 0 Å². The Hall–Kier alpha value is -0.900. The van der Waals surface area contributed by atoms with Gasteiger partial charge in [-0.25, -0.2) is 0 Å². The van der Waals surface area contributed by atoms with Crippen LogP contribution in [0.15, 0.2) is 41.0 Å². The van der Waals surface area contributed by atoms with E-state index >= 15 is 0 Å². The third kappa shape index (κ3) is 3.81. The molecule has 0 saturated heterocycles. The van der Waals surface area contributed by atoms with Crippen molar-refractivity contribution >= 4 is 27.5 Å². The summed E-state index contributed by atoms with van der Waals surface area (Å²) >= 11 is 9.92. The van der Waals surface area contributed by atoms with Crippen LogP contribution in [0.3, 0.4) is 0 Å². The molecule has 1 unspecified atom stereocenters. The maximum Gasteiger partial charge on any atom is 0.0718 e. The Morgan fingerprint density at radius 1 is 1.35 bits per heavy atom. The lowest BCUT2D eigenvalue weighted by Gasteiger charge is -2.19. The molecule has 0 spiro atoms. The summed E-state index contributed by atoms with van der Waals surface area (Å²) in [6, 6.07) is 10.3. The molecule has 0 radical (unpaired) electrons. The first-order chi connectivity index (χ1) is 9.61. The zero-order chi connectivity index (χ0) is 14.5. The van der Waals surface area contributed by atoms with E-state index in [4.69, 9.17) is 11.6 Å². The van der Waals surface area contributed by atoms with Crippen LogP contribution in [0.5, 0.6) is 0 Å². The maximum atomic E-state index is 6.34. The molecule has 106 valence electrons. The van der Waals surface area contributed by atoms with Gasteiger partial charge in [0, 0.05) is 15.7 Å². The number of likely N-dealkylation sites (N-methyl/N-ethyl adjacent to an activating group) is 1. The molecule has 1 heterocycles. The van der Waals surface area contributed by atoms with Crippen LogP contribution in [0.2, 0.25) is 5.02 Å². The van der Waals surface area contributed by atoms with Gasteiger partial charge in [-0.15, -0.1) is 0 Å². The molecule has 20 heavy (non-hydrogen) atoms. The molecule has 0 amide bonds. The normalized spacial score (nSPS) is 12.4. The monoisotopic (exact) mass is 352 g/mol. The molecule has 2 nitrogen and oxygen atoms in total. The molecule has 4 heteroatoms. The number of nitrogens with one attached hydrogen (secondary N) is 1. The Morgan fingerprint density at radius 2 is 2.15 bits per heavy atom. The Labute approximate surface area is 133 Å². The summed E-state index contributed by atoms with van der Waals surface area (Å²) in [5.41, 5.74) is 3.34. The molecule has 0 aliphatic rings. The second kappa shape index (κ2) is 7.21. The molecule has 0 aliphatic heterocycles. The zero-order valence-corrected chi connectivity index (χ0v) is 14.0. The number of rotatable bonds is 5. The fraction of sp³-hybridized carbons (Fsp3) is 0.312. The van der Waals surface area contributed by atoms with E-state index < -0.39 is 0 Å². The zero-order valence-electron chi connectivity index (χ0n) is 11.7. The highest BCUT2D eigenvalue weighted by Gasteiger charge is 2.16. The summed E-state index contributed by atoms with van der Waals surface area (Å²) in [6.07, 6.45) is 2.64. The van der Waals surface area contributed by atoms with Crippen molar-refractivity contribution in [1.29, 1.82) is 0 Å². The number of hydrogen-bond donors (Lipinski definition) is 1. The summed E-state index contributed by atoms with van der Waals surface area (Å²) < 4.78 is 1.02. The Morgan fingerprint density at radius 3 is 2.80 bits per heavy atom. The molecular weight excluding hydrogens is 336 g/mol. The highest BCUT2D eigenvalue weighted by molar-refractivity contribution is 9.10. The van der Waals surface area contributed by atoms with Crippen molar-refractivity contribution in [3.8, 4) is 0 Å². The molecule has 1 aromatic carbocycles. The van der Waals surface area contributed by atoms with Crippen LogP contribution < -0.4 is 5.32 Å². The van der Waals surface area contributed by atoms with Gasteiger partial charge in [0.05, 0.1) is 11.7 Å². The summed E-state index contributed by atoms with van der Waals surface area (Å²) in [5, 5.41) is 4.30. The summed E-state index contributed by atoms with van der Waals surface area (Å²) in [4.78, 5) is 4.49. The minimum atomic E-state index is 0.149. The van der Waals surface area contributed by atoms with E-state index in [0.717, 1.165) is 33.7 Å². The van der Waals surface area contributed by atoms with E-state index in [0.29, 0.717) is 0 Å². The second-order valence-electron chi connectivity index (χ2n) is 4.78. The maximum absolute atomic E-state index is 6.34. The molecule has 1 aromatic heterocycles. The number of pyridine rings is 1. The summed E-state index contributed by atoms with van der Waals surface area (Å²) in [7, 11) is 0. The topological polar surface area (TPSA) is 24.9 Å². The van der Waals surface area contributed by atoms with E-state index in [1.54, 1.807) is 0 Å². The smallest absolute Gasteiger partial charge is 0.0718 e. The van der Waals surface area contributed by atoms with Gasteiger partial charge in [-0.1, -0.05) is 30.7 Å². The first kappa shape index (κ1) is 15.5. The van der Waals surface area contributed by atoms with Crippen LogP contribution in [0, 0.1) is 6.92 Å². The molecule has 1 atom stereocenters. The third-order valence-electron chi connectivity index (χ3n) is 3.20. The number of aryl methyl sites for hydroxylation is 1. The number of halogens is 2. The fourth-order valence-corrected chi connectivity index (χ4v) is 3.05. The van der Waals surface area contributed by atoms with E-state index in [1.165, 1.54) is 5.56 Å². The van der Waals surface area contributed by atoms with Crippen molar-refractivity contribution in [1.82, 2.24) is 10.3 Å². The van der Waals surface area contributed by atoms with Crippen molar-refractivity contribution in [3.05, 3.63) is 62.8 Å². The molecule has 0 aliphatic carbocycles. The van der Waals surface area contributed by atoms with Crippen LogP contribution in [0.1, 0.15) is 29.8 Å². The fourth-order valence-electron chi connectivity index (χ4n) is 2.20. The molecule has 0 saturated carbocycles. The Kier molecular flexibility index (Phi) is 5.58. The average Bonchev–Trinajstić information content (AvgIpc) is 2.42. The van der Waals surface area contributed by atoms with E-state index in [9.17, 15) is 0 Å². The van der Waals surface area contributed by atoms with Gasteiger partial charge in [-0.05, 0) is 65.1 Å².